The second kappa shape index (κ2) is 13.2. The number of hydrogen-bond acceptors (Lipinski definition) is 6. The molecule has 0 radical (unpaired) electrons. The summed E-state index contributed by atoms with van der Waals surface area (Å²) in [5.41, 5.74) is 4.85. The van der Waals surface area contributed by atoms with Crippen molar-refractivity contribution in [3.8, 4) is 16.9 Å². The maximum atomic E-state index is 11.7. The Morgan fingerprint density at radius 2 is 1.42 bits per heavy atom. The summed E-state index contributed by atoms with van der Waals surface area (Å²) >= 11 is 0. The number of esters is 2. The van der Waals surface area contributed by atoms with Crippen molar-refractivity contribution in [2.45, 2.75) is 33.1 Å². The van der Waals surface area contributed by atoms with Gasteiger partial charge in [-0.1, -0.05) is 43.5 Å². The molecule has 0 aliphatic carbocycles. The summed E-state index contributed by atoms with van der Waals surface area (Å²) in [6.07, 6.45) is 2.02. The van der Waals surface area contributed by atoms with Gasteiger partial charge < -0.3 is 19.3 Å². The van der Waals surface area contributed by atoms with Gasteiger partial charge in [-0.25, -0.2) is 9.59 Å². The number of benzene rings is 2. The molecule has 0 amide bonds. The molecule has 0 aliphatic rings. The number of aliphatic hydroxyl groups excluding tert-OH is 1. The molecule has 1 N–H and O–H groups in total. The molecule has 176 valence electrons. The third-order valence-corrected chi connectivity index (χ3v) is 4.84. The Morgan fingerprint density at radius 1 is 0.818 bits per heavy atom. The van der Waals surface area contributed by atoms with Crippen molar-refractivity contribution < 1.29 is 28.9 Å². The van der Waals surface area contributed by atoms with Crippen LogP contribution in [0.4, 0.5) is 0 Å². The molecule has 0 saturated heterocycles. The third-order valence-electron chi connectivity index (χ3n) is 4.84. The van der Waals surface area contributed by atoms with Crippen LogP contribution in [0.1, 0.15) is 31.4 Å². The Kier molecular flexibility index (Phi) is 10.4. The molecule has 0 spiro atoms. The zero-order valence-corrected chi connectivity index (χ0v) is 19.4. The van der Waals surface area contributed by atoms with E-state index in [1.807, 2.05) is 30.3 Å². The van der Waals surface area contributed by atoms with Crippen LogP contribution in [-0.2, 0) is 31.9 Å². The van der Waals surface area contributed by atoms with Crippen molar-refractivity contribution in [3.05, 3.63) is 77.9 Å². The number of rotatable bonds is 13. The Labute approximate surface area is 195 Å². The van der Waals surface area contributed by atoms with E-state index in [1.165, 1.54) is 0 Å². The molecule has 2 aromatic rings. The molecule has 33 heavy (non-hydrogen) atoms. The van der Waals surface area contributed by atoms with Gasteiger partial charge in [0, 0.05) is 17.6 Å². The average Bonchev–Trinajstić information content (AvgIpc) is 2.80. The van der Waals surface area contributed by atoms with Gasteiger partial charge in [-0.05, 0) is 61.1 Å². The molecule has 0 bridgehead atoms. The first-order valence-corrected chi connectivity index (χ1v) is 10.9. The molecular weight excluding hydrogens is 420 g/mol. The highest BCUT2D eigenvalue weighted by atomic mass is 16.5. The number of aliphatic hydroxyl groups is 1. The molecule has 2 aromatic carbocycles. The fourth-order valence-electron chi connectivity index (χ4n) is 3.06. The summed E-state index contributed by atoms with van der Waals surface area (Å²) < 4.78 is 16.0. The summed E-state index contributed by atoms with van der Waals surface area (Å²) in [5, 5.41) is 9.08. The number of hydrogen-bond donors (Lipinski definition) is 1. The van der Waals surface area contributed by atoms with Crippen LogP contribution in [-0.4, -0.2) is 43.5 Å². The molecule has 0 atom stereocenters. The second-order valence-corrected chi connectivity index (χ2v) is 7.78. The highest BCUT2D eigenvalue weighted by Gasteiger charge is 2.10. The smallest absolute Gasteiger partial charge is 0.333 e. The van der Waals surface area contributed by atoms with Crippen LogP contribution in [0.2, 0.25) is 0 Å². The Bertz CT molecular complexity index is 975. The first-order chi connectivity index (χ1) is 15.8. The van der Waals surface area contributed by atoms with Crippen LogP contribution in [0.15, 0.2) is 66.8 Å². The van der Waals surface area contributed by atoms with Crippen molar-refractivity contribution in [1.82, 2.24) is 0 Å². The normalized spacial score (nSPS) is 10.4. The zero-order chi connectivity index (χ0) is 24.2. The first kappa shape index (κ1) is 25.9. The summed E-state index contributed by atoms with van der Waals surface area (Å²) in [5.74, 6) is -0.129. The lowest BCUT2D eigenvalue weighted by molar-refractivity contribution is -0.139. The van der Waals surface area contributed by atoms with Crippen molar-refractivity contribution in [2.24, 2.45) is 0 Å². The molecular formula is C27H32O6. The minimum Gasteiger partial charge on any atom is -0.491 e. The molecule has 0 unspecified atom stereocenters. The summed E-state index contributed by atoms with van der Waals surface area (Å²) in [6.45, 7) is 11.1. The summed E-state index contributed by atoms with van der Waals surface area (Å²) in [4.78, 5) is 23.1. The second-order valence-electron chi connectivity index (χ2n) is 7.78. The van der Waals surface area contributed by atoms with Gasteiger partial charge in [0.15, 0.2) is 0 Å². The number of ether oxygens (including phenoxy) is 3. The lowest BCUT2D eigenvalue weighted by Crippen LogP contribution is -2.10. The monoisotopic (exact) mass is 452 g/mol. The highest BCUT2D eigenvalue weighted by molar-refractivity contribution is 5.87. The van der Waals surface area contributed by atoms with Gasteiger partial charge in [-0.15, -0.1) is 0 Å². The molecule has 0 heterocycles. The maximum absolute atomic E-state index is 11.7. The maximum Gasteiger partial charge on any atom is 0.333 e. The van der Waals surface area contributed by atoms with Gasteiger partial charge in [-0.3, -0.25) is 0 Å². The van der Waals surface area contributed by atoms with Gasteiger partial charge in [0.05, 0.1) is 19.8 Å². The van der Waals surface area contributed by atoms with E-state index >= 15 is 0 Å². The zero-order valence-electron chi connectivity index (χ0n) is 19.4. The highest BCUT2D eigenvalue weighted by Crippen LogP contribution is 2.28. The van der Waals surface area contributed by atoms with E-state index < -0.39 is 5.97 Å². The van der Waals surface area contributed by atoms with Crippen molar-refractivity contribution >= 4 is 11.9 Å². The van der Waals surface area contributed by atoms with E-state index in [9.17, 15) is 9.59 Å². The van der Waals surface area contributed by atoms with E-state index in [0.29, 0.717) is 29.9 Å². The predicted octanol–water partition coefficient (Wildman–Crippen LogP) is 4.44. The van der Waals surface area contributed by atoms with Crippen LogP contribution < -0.4 is 4.74 Å². The van der Waals surface area contributed by atoms with Gasteiger partial charge >= 0.3 is 11.9 Å². The molecule has 0 aliphatic heterocycles. The van der Waals surface area contributed by atoms with Crippen molar-refractivity contribution in [2.75, 3.05) is 26.4 Å². The molecule has 6 nitrogen and oxygen atoms in total. The van der Waals surface area contributed by atoms with Gasteiger partial charge in [0.25, 0.3) is 0 Å². The summed E-state index contributed by atoms with van der Waals surface area (Å²) in [7, 11) is 0. The van der Waals surface area contributed by atoms with Crippen LogP contribution in [0.5, 0.6) is 5.75 Å². The molecule has 0 saturated carbocycles. The van der Waals surface area contributed by atoms with Crippen LogP contribution in [0.25, 0.3) is 11.1 Å². The van der Waals surface area contributed by atoms with Gasteiger partial charge in [0.1, 0.15) is 12.4 Å². The van der Waals surface area contributed by atoms with E-state index in [4.69, 9.17) is 19.3 Å². The Balaban J connectivity index is 2.04. The Morgan fingerprint density at radius 3 is 2.03 bits per heavy atom. The van der Waals surface area contributed by atoms with Gasteiger partial charge in [0.2, 0.25) is 0 Å². The first-order valence-electron chi connectivity index (χ1n) is 10.9. The van der Waals surface area contributed by atoms with Crippen molar-refractivity contribution in [1.29, 1.82) is 0 Å². The molecule has 0 aromatic heterocycles. The Hall–Kier alpha value is -3.38. The molecule has 0 fully saturated rings. The third kappa shape index (κ3) is 8.58. The standard InChI is InChI=1S/C27H32O6/c1-19(2)26(29)32-15-5-6-21-7-9-22(10-8-21)23-11-12-25(31-17-14-28)24(18-23)13-16-33-27(30)20(3)4/h7-12,18,28H,1,3,5-6,13-17H2,2,4H3. The largest absolute Gasteiger partial charge is 0.491 e. The van der Waals surface area contributed by atoms with E-state index in [-0.39, 0.29) is 25.8 Å². The summed E-state index contributed by atoms with van der Waals surface area (Å²) in [6, 6.07) is 14.0. The molecule has 2 rings (SSSR count). The lowest BCUT2D eigenvalue weighted by Gasteiger charge is -2.14. The van der Waals surface area contributed by atoms with Crippen LogP contribution in [0.3, 0.4) is 0 Å². The fraction of sp³-hybridized carbons (Fsp3) is 0.333. The van der Waals surface area contributed by atoms with Gasteiger partial charge in [-0.2, -0.15) is 0 Å². The van der Waals surface area contributed by atoms with E-state index in [1.54, 1.807) is 13.8 Å². The minimum absolute atomic E-state index is 0.0836. The minimum atomic E-state index is -0.422. The van der Waals surface area contributed by atoms with E-state index in [2.05, 4.69) is 25.3 Å². The molecule has 6 heteroatoms. The number of carbonyl (C=O) groups is 2. The topological polar surface area (TPSA) is 82.1 Å². The van der Waals surface area contributed by atoms with E-state index in [0.717, 1.165) is 35.1 Å². The van der Waals surface area contributed by atoms with Crippen LogP contribution >= 0.6 is 0 Å². The quantitative estimate of drug-likeness (QED) is 0.275. The average molecular weight is 453 g/mol. The van der Waals surface area contributed by atoms with Crippen molar-refractivity contribution in [3.63, 3.8) is 0 Å². The fourth-order valence-corrected chi connectivity index (χ4v) is 3.06. The predicted molar refractivity (Wildman–Crippen MR) is 128 cm³/mol. The lowest BCUT2D eigenvalue weighted by atomic mass is 9.99. The van der Waals surface area contributed by atoms with Crippen LogP contribution in [0, 0.1) is 0 Å². The number of carbonyl (C=O) groups excluding carboxylic acids is 2. The SMILES string of the molecule is C=C(C)C(=O)OCCCc1ccc(-c2ccc(OCCO)c(CCOC(=O)C(=C)C)c2)cc1. The number of aryl methyl sites for hydroxylation is 1.